The molecule has 0 aliphatic heterocycles. The second kappa shape index (κ2) is 9.93. The van der Waals surface area contributed by atoms with E-state index in [1.54, 1.807) is 0 Å². The maximum absolute atomic E-state index is 10.7. The van der Waals surface area contributed by atoms with Gasteiger partial charge in [-0.05, 0) is 12.8 Å². The van der Waals surface area contributed by atoms with Crippen molar-refractivity contribution < 1.29 is 19.7 Å². The first-order chi connectivity index (χ1) is 7.20. The molecule has 0 radical (unpaired) electrons. The molecule has 4 nitrogen and oxygen atoms in total. The van der Waals surface area contributed by atoms with Gasteiger partial charge in [0.2, 0.25) is 0 Å². The van der Waals surface area contributed by atoms with Crippen molar-refractivity contribution in [1.82, 2.24) is 0 Å². The number of methoxy groups -OCH3 is 1. The number of esters is 1. The molecule has 0 heterocycles. The fourth-order valence-corrected chi connectivity index (χ4v) is 1.37. The van der Waals surface area contributed by atoms with E-state index < -0.39 is 6.10 Å². The number of rotatable bonds is 9. The van der Waals surface area contributed by atoms with Gasteiger partial charge in [-0.15, -0.1) is 0 Å². The van der Waals surface area contributed by atoms with E-state index in [-0.39, 0.29) is 12.6 Å². The third kappa shape index (κ3) is 9.69. The van der Waals surface area contributed by atoms with Gasteiger partial charge < -0.3 is 14.9 Å². The predicted molar refractivity (Wildman–Crippen MR) is 57.4 cm³/mol. The molecule has 0 aromatic carbocycles. The number of aliphatic hydroxyl groups is 2. The van der Waals surface area contributed by atoms with Crippen LogP contribution in [0.5, 0.6) is 0 Å². The second-order valence-electron chi connectivity index (χ2n) is 3.72. The number of carbonyl (C=O) groups is 1. The molecular formula is C11H22O4. The molecule has 0 rings (SSSR count). The lowest BCUT2D eigenvalue weighted by molar-refractivity contribution is -0.140. The summed E-state index contributed by atoms with van der Waals surface area (Å²) in [5.74, 6) is -0.147. The Bertz CT molecular complexity index is 159. The van der Waals surface area contributed by atoms with Crippen LogP contribution in [-0.2, 0) is 9.53 Å². The van der Waals surface area contributed by atoms with Crippen LogP contribution < -0.4 is 0 Å². The van der Waals surface area contributed by atoms with Crippen LogP contribution in [0.15, 0.2) is 0 Å². The van der Waals surface area contributed by atoms with E-state index in [4.69, 9.17) is 10.2 Å². The van der Waals surface area contributed by atoms with Gasteiger partial charge in [0.1, 0.15) is 0 Å². The predicted octanol–water partition coefficient (Wildman–Crippen LogP) is 1.24. The van der Waals surface area contributed by atoms with Crippen LogP contribution in [0.1, 0.15) is 44.9 Å². The molecule has 0 aromatic rings. The molecule has 90 valence electrons. The summed E-state index contributed by atoms with van der Waals surface area (Å²) >= 11 is 0. The monoisotopic (exact) mass is 218 g/mol. The molecule has 1 atom stereocenters. The van der Waals surface area contributed by atoms with Gasteiger partial charge in [-0.25, -0.2) is 0 Å². The lowest BCUT2D eigenvalue weighted by Crippen LogP contribution is -2.10. The lowest BCUT2D eigenvalue weighted by Gasteiger charge is -2.05. The topological polar surface area (TPSA) is 66.8 Å². The minimum Gasteiger partial charge on any atom is -0.469 e. The Morgan fingerprint density at radius 2 is 1.80 bits per heavy atom. The SMILES string of the molecule is COC(=O)CCCCCCCC(O)CO. The van der Waals surface area contributed by atoms with Crippen molar-refractivity contribution in [1.29, 1.82) is 0 Å². The molecule has 0 amide bonds. The molecule has 1 unspecified atom stereocenters. The van der Waals surface area contributed by atoms with Gasteiger partial charge in [0.25, 0.3) is 0 Å². The maximum atomic E-state index is 10.7. The Balaban J connectivity index is 3.08. The summed E-state index contributed by atoms with van der Waals surface area (Å²) in [4.78, 5) is 10.7. The molecule has 4 heteroatoms. The first-order valence-corrected chi connectivity index (χ1v) is 5.56. The number of aliphatic hydroxyl groups excluding tert-OH is 2. The number of ether oxygens (including phenoxy) is 1. The van der Waals surface area contributed by atoms with Gasteiger partial charge in [-0.3, -0.25) is 4.79 Å². The Kier molecular flexibility index (Phi) is 9.52. The largest absolute Gasteiger partial charge is 0.469 e. The number of unbranched alkanes of at least 4 members (excludes halogenated alkanes) is 4. The Labute approximate surface area is 91.3 Å². The van der Waals surface area contributed by atoms with E-state index in [2.05, 4.69) is 4.74 Å². The van der Waals surface area contributed by atoms with Crippen molar-refractivity contribution in [3.63, 3.8) is 0 Å². The van der Waals surface area contributed by atoms with Crippen molar-refractivity contribution in [3.8, 4) is 0 Å². The highest BCUT2D eigenvalue weighted by Crippen LogP contribution is 2.08. The van der Waals surface area contributed by atoms with Crippen LogP contribution >= 0.6 is 0 Å². The molecule has 0 aliphatic carbocycles. The first-order valence-electron chi connectivity index (χ1n) is 5.56. The highest BCUT2D eigenvalue weighted by Gasteiger charge is 2.01. The quantitative estimate of drug-likeness (QED) is 0.451. The Morgan fingerprint density at radius 1 is 1.20 bits per heavy atom. The summed E-state index contributed by atoms with van der Waals surface area (Å²) < 4.78 is 4.52. The summed E-state index contributed by atoms with van der Waals surface area (Å²) in [7, 11) is 1.40. The van der Waals surface area contributed by atoms with Crippen molar-refractivity contribution in [2.75, 3.05) is 13.7 Å². The van der Waals surface area contributed by atoms with Crippen LogP contribution in [0.4, 0.5) is 0 Å². The molecule has 0 aliphatic rings. The smallest absolute Gasteiger partial charge is 0.305 e. The molecule has 0 bridgehead atoms. The molecule has 0 aromatic heterocycles. The summed E-state index contributed by atoms with van der Waals surface area (Å²) in [6.45, 7) is -0.150. The van der Waals surface area contributed by atoms with Gasteiger partial charge in [-0.1, -0.05) is 25.7 Å². The molecule has 0 spiro atoms. The summed E-state index contributed by atoms with van der Waals surface area (Å²) in [6, 6.07) is 0. The summed E-state index contributed by atoms with van der Waals surface area (Å²) in [5, 5.41) is 17.6. The fraction of sp³-hybridized carbons (Fsp3) is 0.909. The normalized spacial score (nSPS) is 12.5. The van der Waals surface area contributed by atoms with Gasteiger partial charge in [-0.2, -0.15) is 0 Å². The lowest BCUT2D eigenvalue weighted by atomic mass is 10.1. The van der Waals surface area contributed by atoms with E-state index in [0.717, 1.165) is 32.1 Å². The first kappa shape index (κ1) is 14.4. The second-order valence-corrected chi connectivity index (χ2v) is 3.72. The maximum Gasteiger partial charge on any atom is 0.305 e. The van der Waals surface area contributed by atoms with E-state index >= 15 is 0 Å². The third-order valence-electron chi connectivity index (χ3n) is 2.36. The number of hydrogen-bond donors (Lipinski definition) is 2. The van der Waals surface area contributed by atoms with Gasteiger partial charge in [0, 0.05) is 6.42 Å². The molecule has 0 fully saturated rings. The van der Waals surface area contributed by atoms with E-state index in [0.29, 0.717) is 12.8 Å². The molecule has 15 heavy (non-hydrogen) atoms. The fourth-order valence-electron chi connectivity index (χ4n) is 1.37. The third-order valence-corrected chi connectivity index (χ3v) is 2.36. The zero-order chi connectivity index (χ0) is 11.5. The van der Waals surface area contributed by atoms with Crippen molar-refractivity contribution in [2.24, 2.45) is 0 Å². The van der Waals surface area contributed by atoms with E-state index in [1.807, 2.05) is 0 Å². The zero-order valence-corrected chi connectivity index (χ0v) is 9.45. The van der Waals surface area contributed by atoms with E-state index in [1.165, 1.54) is 7.11 Å². The van der Waals surface area contributed by atoms with Crippen LogP contribution in [0.2, 0.25) is 0 Å². The Hall–Kier alpha value is -0.610. The van der Waals surface area contributed by atoms with Crippen molar-refractivity contribution in [3.05, 3.63) is 0 Å². The van der Waals surface area contributed by atoms with Gasteiger partial charge >= 0.3 is 5.97 Å². The van der Waals surface area contributed by atoms with Crippen molar-refractivity contribution in [2.45, 2.75) is 51.0 Å². The molecule has 2 N–H and O–H groups in total. The highest BCUT2D eigenvalue weighted by molar-refractivity contribution is 5.68. The Morgan fingerprint density at radius 3 is 2.40 bits per heavy atom. The average molecular weight is 218 g/mol. The standard InChI is InChI=1S/C11H22O4/c1-15-11(14)8-6-4-2-3-5-7-10(13)9-12/h10,12-13H,2-9H2,1H3. The zero-order valence-electron chi connectivity index (χ0n) is 9.45. The molecule has 0 saturated heterocycles. The summed E-state index contributed by atoms with van der Waals surface area (Å²) in [6.07, 6.45) is 5.51. The van der Waals surface area contributed by atoms with Gasteiger partial charge in [0.05, 0.1) is 19.8 Å². The van der Waals surface area contributed by atoms with Gasteiger partial charge in [0.15, 0.2) is 0 Å². The average Bonchev–Trinajstić information content (AvgIpc) is 2.26. The highest BCUT2D eigenvalue weighted by atomic mass is 16.5. The van der Waals surface area contributed by atoms with Crippen LogP contribution in [-0.4, -0.2) is 36.0 Å². The summed E-state index contributed by atoms with van der Waals surface area (Å²) in [5.41, 5.74) is 0. The van der Waals surface area contributed by atoms with Crippen LogP contribution in [0, 0.1) is 0 Å². The minimum atomic E-state index is -0.569. The van der Waals surface area contributed by atoms with Crippen LogP contribution in [0.25, 0.3) is 0 Å². The van der Waals surface area contributed by atoms with Crippen molar-refractivity contribution >= 4 is 5.97 Å². The molecule has 0 saturated carbocycles. The van der Waals surface area contributed by atoms with Crippen LogP contribution in [0.3, 0.4) is 0 Å². The number of hydrogen-bond acceptors (Lipinski definition) is 4. The minimum absolute atomic E-state index is 0.147. The molecular weight excluding hydrogens is 196 g/mol. The van der Waals surface area contributed by atoms with E-state index in [9.17, 15) is 4.79 Å². The number of carbonyl (C=O) groups excluding carboxylic acids is 1.